The number of nitrogens with zero attached hydrogens (tertiary/aromatic N) is 1. The van der Waals surface area contributed by atoms with E-state index in [0.717, 1.165) is 36.9 Å². The molecule has 2 N–H and O–H groups in total. The first-order chi connectivity index (χ1) is 8.74. The van der Waals surface area contributed by atoms with Crippen LogP contribution < -0.4 is 5.73 Å². The summed E-state index contributed by atoms with van der Waals surface area (Å²) < 4.78 is 7.82. The minimum absolute atomic E-state index is 0.316. The molecule has 1 unspecified atom stereocenters. The molecule has 1 atom stereocenters. The molecule has 4 nitrogen and oxygen atoms in total. The second-order valence-electron chi connectivity index (χ2n) is 4.74. The molecule has 0 bridgehead atoms. The fraction of sp³-hybridized carbons (Fsp3) is 0.357. The zero-order valence-electron chi connectivity index (χ0n) is 10.1. The number of ether oxygens (including phenoxy) is 1. The number of benzene rings is 1. The Morgan fingerprint density at radius 1 is 1.44 bits per heavy atom. The molecular formula is C14H16N2O2. The maximum absolute atomic E-state index is 11.1. The van der Waals surface area contributed by atoms with Crippen LogP contribution in [0.5, 0.6) is 0 Å². The van der Waals surface area contributed by atoms with Gasteiger partial charge in [0.2, 0.25) is 5.91 Å². The van der Waals surface area contributed by atoms with Crippen LogP contribution in [-0.2, 0) is 11.3 Å². The van der Waals surface area contributed by atoms with Crippen molar-refractivity contribution in [2.24, 2.45) is 5.73 Å². The normalized spacial score (nSPS) is 19.4. The van der Waals surface area contributed by atoms with Gasteiger partial charge in [-0.25, -0.2) is 0 Å². The third-order valence-corrected chi connectivity index (χ3v) is 3.48. The van der Waals surface area contributed by atoms with Gasteiger partial charge in [-0.3, -0.25) is 4.79 Å². The van der Waals surface area contributed by atoms with Crippen molar-refractivity contribution in [1.82, 2.24) is 4.57 Å². The van der Waals surface area contributed by atoms with Gasteiger partial charge in [0.25, 0.3) is 0 Å². The van der Waals surface area contributed by atoms with Gasteiger partial charge in [0.05, 0.1) is 6.10 Å². The van der Waals surface area contributed by atoms with E-state index < -0.39 is 0 Å². The molecule has 1 aliphatic heterocycles. The molecule has 1 aromatic heterocycles. The monoisotopic (exact) mass is 244 g/mol. The average molecular weight is 244 g/mol. The molecule has 1 aromatic carbocycles. The average Bonchev–Trinajstić information content (AvgIpc) is 2.99. The second kappa shape index (κ2) is 4.46. The van der Waals surface area contributed by atoms with E-state index in [1.165, 1.54) is 0 Å². The summed E-state index contributed by atoms with van der Waals surface area (Å²) in [5, 5.41) is 1.05. The highest BCUT2D eigenvalue weighted by atomic mass is 16.5. The molecule has 1 fully saturated rings. The van der Waals surface area contributed by atoms with Gasteiger partial charge < -0.3 is 15.0 Å². The van der Waals surface area contributed by atoms with Crippen LogP contribution in [0.2, 0.25) is 0 Å². The zero-order chi connectivity index (χ0) is 12.5. The molecule has 94 valence electrons. The van der Waals surface area contributed by atoms with Gasteiger partial charge in [-0.05, 0) is 37.1 Å². The highest BCUT2D eigenvalue weighted by Crippen LogP contribution is 2.21. The van der Waals surface area contributed by atoms with Gasteiger partial charge in [0, 0.05) is 35.8 Å². The summed E-state index contributed by atoms with van der Waals surface area (Å²) in [7, 11) is 0. The summed E-state index contributed by atoms with van der Waals surface area (Å²) in [6, 6.07) is 7.57. The van der Waals surface area contributed by atoms with Crippen molar-refractivity contribution in [1.29, 1.82) is 0 Å². The molecule has 2 heterocycles. The lowest BCUT2D eigenvalue weighted by Crippen LogP contribution is -2.14. The Morgan fingerprint density at radius 2 is 2.33 bits per heavy atom. The number of aromatic nitrogens is 1. The molecule has 0 radical (unpaired) electrons. The fourth-order valence-electron chi connectivity index (χ4n) is 2.52. The van der Waals surface area contributed by atoms with Gasteiger partial charge in [0.1, 0.15) is 0 Å². The van der Waals surface area contributed by atoms with Gasteiger partial charge >= 0.3 is 0 Å². The van der Waals surface area contributed by atoms with Gasteiger partial charge in [-0.1, -0.05) is 0 Å². The van der Waals surface area contributed by atoms with Crippen molar-refractivity contribution in [2.45, 2.75) is 25.5 Å². The molecular weight excluding hydrogens is 228 g/mol. The van der Waals surface area contributed by atoms with Gasteiger partial charge in [-0.15, -0.1) is 0 Å². The van der Waals surface area contributed by atoms with Crippen LogP contribution >= 0.6 is 0 Å². The maximum atomic E-state index is 11.1. The third kappa shape index (κ3) is 1.99. The minimum Gasteiger partial charge on any atom is -0.376 e. The Balaban J connectivity index is 1.91. The van der Waals surface area contributed by atoms with E-state index in [4.69, 9.17) is 10.5 Å². The van der Waals surface area contributed by atoms with Crippen molar-refractivity contribution in [2.75, 3.05) is 6.61 Å². The highest BCUT2D eigenvalue weighted by Gasteiger charge is 2.16. The first-order valence-electron chi connectivity index (χ1n) is 6.24. The Labute approximate surface area is 105 Å². The number of carbonyl (C=O) groups excluding carboxylic acids is 1. The number of nitrogens with two attached hydrogens (primary N) is 1. The molecule has 18 heavy (non-hydrogen) atoms. The molecule has 2 aromatic rings. The maximum Gasteiger partial charge on any atom is 0.248 e. The van der Waals surface area contributed by atoms with E-state index in [9.17, 15) is 4.79 Å². The number of rotatable bonds is 3. The molecule has 1 amide bonds. The van der Waals surface area contributed by atoms with Crippen LogP contribution in [0.4, 0.5) is 0 Å². The van der Waals surface area contributed by atoms with E-state index in [-0.39, 0.29) is 5.91 Å². The highest BCUT2D eigenvalue weighted by molar-refractivity contribution is 5.97. The van der Waals surface area contributed by atoms with Gasteiger partial charge in [-0.2, -0.15) is 0 Å². The lowest BCUT2D eigenvalue weighted by atomic mass is 10.1. The number of amides is 1. The lowest BCUT2D eigenvalue weighted by Gasteiger charge is -2.11. The standard InChI is InChI=1S/C14H16N2O2/c15-14(17)11-3-4-13-10(8-11)5-6-16(13)9-12-2-1-7-18-12/h3-6,8,12H,1-2,7,9H2,(H2,15,17). The van der Waals surface area contributed by atoms with Crippen molar-refractivity contribution < 1.29 is 9.53 Å². The summed E-state index contributed by atoms with van der Waals surface area (Å²) in [4.78, 5) is 11.1. The number of hydrogen-bond acceptors (Lipinski definition) is 2. The van der Waals surface area contributed by atoms with Crippen LogP contribution in [-0.4, -0.2) is 23.2 Å². The van der Waals surface area contributed by atoms with Crippen LogP contribution in [0.1, 0.15) is 23.2 Å². The van der Waals surface area contributed by atoms with Crippen molar-refractivity contribution in [3.8, 4) is 0 Å². The van der Waals surface area contributed by atoms with Crippen LogP contribution in [0.3, 0.4) is 0 Å². The molecule has 3 rings (SSSR count). The summed E-state index contributed by atoms with van der Waals surface area (Å²) in [5.74, 6) is -0.385. The lowest BCUT2D eigenvalue weighted by molar-refractivity contribution is 0.0979. The van der Waals surface area contributed by atoms with E-state index in [0.29, 0.717) is 11.7 Å². The molecule has 4 heteroatoms. The molecule has 1 saturated heterocycles. The quantitative estimate of drug-likeness (QED) is 0.896. The topological polar surface area (TPSA) is 57.2 Å². The van der Waals surface area contributed by atoms with Crippen LogP contribution in [0, 0.1) is 0 Å². The van der Waals surface area contributed by atoms with Gasteiger partial charge in [0.15, 0.2) is 0 Å². The number of primary amides is 1. The van der Waals surface area contributed by atoms with E-state index >= 15 is 0 Å². The molecule has 0 aliphatic carbocycles. The number of hydrogen-bond donors (Lipinski definition) is 1. The summed E-state index contributed by atoms with van der Waals surface area (Å²) >= 11 is 0. The first kappa shape index (κ1) is 11.3. The van der Waals surface area contributed by atoms with Crippen molar-refractivity contribution in [3.63, 3.8) is 0 Å². The number of fused-ring (bicyclic) bond motifs is 1. The van der Waals surface area contributed by atoms with Crippen molar-refractivity contribution in [3.05, 3.63) is 36.0 Å². The zero-order valence-corrected chi connectivity index (χ0v) is 10.1. The van der Waals surface area contributed by atoms with Crippen molar-refractivity contribution >= 4 is 16.8 Å². The molecule has 0 saturated carbocycles. The Bertz CT molecular complexity index is 582. The summed E-state index contributed by atoms with van der Waals surface area (Å²) in [6.45, 7) is 1.75. The first-order valence-corrected chi connectivity index (χ1v) is 6.24. The smallest absolute Gasteiger partial charge is 0.248 e. The molecule has 1 aliphatic rings. The summed E-state index contributed by atoms with van der Waals surface area (Å²) in [6.07, 6.45) is 4.63. The van der Waals surface area contributed by atoms with E-state index in [1.54, 1.807) is 6.07 Å². The Kier molecular flexibility index (Phi) is 2.80. The predicted molar refractivity (Wildman–Crippen MR) is 69.4 cm³/mol. The SMILES string of the molecule is NC(=O)c1ccc2c(ccn2CC2CCCO2)c1. The fourth-order valence-corrected chi connectivity index (χ4v) is 2.52. The largest absolute Gasteiger partial charge is 0.376 e. The molecule has 0 spiro atoms. The van der Waals surface area contributed by atoms with Crippen LogP contribution in [0.15, 0.2) is 30.5 Å². The second-order valence-corrected chi connectivity index (χ2v) is 4.74. The Hall–Kier alpha value is -1.81. The number of carbonyl (C=O) groups is 1. The Morgan fingerprint density at radius 3 is 3.06 bits per heavy atom. The van der Waals surface area contributed by atoms with E-state index in [2.05, 4.69) is 4.57 Å². The third-order valence-electron chi connectivity index (χ3n) is 3.48. The predicted octanol–water partition coefficient (Wildman–Crippen LogP) is 1.92. The summed E-state index contributed by atoms with van der Waals surface area (Å²) in [5.41, 5.74) is 6.95. The van der Waals surface area contributed by atoms with Crippen LogP contribution in [0.25, 0.3) is 10.9 Å². The van der Waals surface area contributed by atoms with E-state index in [1.807, 2.05) is 24.4 Å². The minimum atomic E-state index is -0.385.